The number of aromatic nitrogens is 2. The fourth-order valence-corrected chi connectivity index (χ4v) is 3.92. The Bertz CT molecular complexity index is 473. The van der Waals surface area contributed by atoms with E-state index in [-0.39, 0.29) is 0 Å². The van der Waals surface area contributed by atoms with Crippen LogP contribution in [0.25, 0.3) is 0 Å². The number of ether oxygens (including phenoxy) is 1. The summed E-state index contributed by atoms with van der Waals surface area (Å²) in [5.41, 5.74) is 7.50. The van der Waals surface area contributed by atoms with E-state index in [1.165, 1.54) is 25.0 Å². The highest BCUT2D eigenvalue weighted by Gasteiger charge is 2.39. The molecule has 5 nitrogen and oxygen atoms in total. The van der Waals surface area contributed by atoms with Crippen molar-refractivity contribution in [1.82, 2.24) is 9.55 Å². The predicted molar refractivity (Wildman–Crippen MR) is 84.5 cm³/mol. The number of anilines is 1. The Kier molecular flexibility index (Phi) is 4.50. The maximum atomic E-state index is 6.34. The zero-order chi connectivity index (χ0) is 14.8. The average Bonchev–Trinajstić information content (AvgIpc) is 3.09. The van der Waals surface area contributed by atoms with Crippen molar-refractivity contribution in [3.63, 3.8) is 0 Å². The molecule has 1 saturated carbocycles. The number of nitrogens with zero attached hydrogens (tertiary/aromatic N) is 3. The van der Waals surface area contributed by atoms with Crippen LogP contribution in [0.1, 0.15) is 31.9 Å². The summed E-state index contributed by atoms with van der Waals surface area (Å²) >= 11 is 0. The largest absolute Gasteiger partial charge is 0.383 e. The minimum Gasteiger partial charge on any atom is -0.383 e. The number of nitrogens with two attached hydrogens (primary N) is 1. The Balaban J connectivity index is 1.78. The maximum Gasteiger partial charge on any atom is 0.205 e. The van der Waals surface area contributed by atoms with Crippen molar-refractivity contribution in [3.05, 3.63) is 11.9 Å². The molecule has 21 heavy (non-hydrogen) atoms. The molecule has 0 aromatic carbocycles. The van der Waals surface area contributed by atoms with Crippen LogP contribution >= 0.6 is 0 Å². The van der Waals surface area contributed by atoms with E-state index in [4.69, 9.17) is 15.5 Å². The van der Waals surface area contributed by atoms with Crippen LogP contribution in [0.5, 0.6) is 0 Å². The van der Waals surface area contributed by atoms with Crippen molar-refractivity contribution in [2.75, 3.05) is 31.7 Å². The lowest BCUT2D eigenvalue weighted by Gasteiger charge is -2.29. The molecule has 2 fully saturated rings. The van der Waals surface area contributed by atoms with Gasteiger partial charge in [0.15, 0.2) is 0 Å². The highest BCUT2D eigenvalue weighted by molar-refractivity contribution is 5.36. The number of hydrogen-bond acceptors (Lipinski definition) is 4. The van der Waals surface area contributed by atoms with Gasteiger partial charge in [-0.25, -0.2) is 4.98 Å². The van der Waals surface area contributed by atoms with Crippen LogP contribution in [0.15, 0.2) is 6.20 Å². The Morgan fingerprint density at radius 1 is 1.38 bits per heavy atom. The van der Waals surface area contributed by atoms with Gasteiger partial charge in [-0.1, -0.05) is 13.3 Å². The van der Waals surface area contributed by atoms with Crippen LogP contribution in [0.2, 0.25) is 0 Å². The summed E-state index contributed by atoms with van der Waals surface area (Å²) in [4.78, 5) is 7.29. The summed E-state index contributed by atoms with van der Waals surface area (Å²) in [6.45, 7) is 5.94. The molecule has 118 valence electrons. The van der Waals surface area contributed by atoms with E-state index in [0.717, 1.165) is 44.5 Å². The van der Waals surface area contributed by atoms with E-state index < -0.39 is 0 Å². The summed E-state index contributed by atoms with van der Waals surface area (Å²) in [5.74, 6) is 2.52. The summed E-state index contributed by atoms with van der Waals surface area (Å²) in [7, 11) is 1.75. The molecule has 3 rings (SSSR count). The van der Waals surface area contributed by atoms with Crippen LogP contribution in [-0.4, -0.2) is 42.4 Å². The second kappa shape index (κ2) is 6.36. The number of methoxy groups -OCH3 is 1. The van der Waals surface area contributed by atoms with Crippen LogP contribution in [0, 0.1) is 11.8 Å². The van der Waals surface area contributed by atoms with Gasteiger partial charge in [0.2, 0.25) is 5.95 Å². The van der Waals surface area contributed by atoms with E-state index in [2.05, 4.69) is 22.6 Å². The molecule has 1 aliphatic carbocycles. The van der Waals surface area contributed by atoms with Gasteiger partial charge in [-0.15, -0.1) is 0 Å². The molecule has 3 unspecified atom stereocenters. The average molecular weight is 292 g/mol. The van der Waals surface area contributed by atoms with E-state index in [1.807, 2.05) is 0 Å². The summed E-state index contributed by atoms with van der Waals surface area (Å²) in [6, 6.07) is 0.377. The quantitative estimate of drug-likeness (QED) is 0.896. The van der Waals surface area contributed by atoms with Crippen LogP contribution in [0.4, 0.5) is 5.95 Å². The number of imidazole rings is 1. The second-order valence-electron chi connectivity index (χ2n) is 6.50. The number of aryl methyl sites for hydroxylation is 1. The topological polar surface area (TPSA) is 56.3 Å². The Morgan fingerprint density at radius 3 is 2.95 bits per heavy atom. The molecule has 1 aromatic heterocycles. The number of hydrogen-bond donors (Lipinski definition) is 1. The maximum absolute atomic E-state index is 6.34. The Morgan fingerprint density at radius 2 is 2.24 bits per heavy atom. The van der Waals surface area contributed by atoms with Crippen molar-refractivity contribution in [1.29, 1.82) is 0 Å². The molecule has 0 amide bonds. The van der Waals surface area contributed by atoms with Crippen LogP contribution in [-0.2, 0) is 17.7 Å². The minimum absolute atomic E-state index is 0.377. The lowest BCUT2D eigenvalue weighted by Crippen LogP contribution is -2.38. The molecule has 2 N–H and O–H groups in total. The van der Waals surface area contributed by atoms with E-state index in [1.54, 1.807) is 7.11 Å². The van der Waals surface area contributed by atoms with Gasteiger partial charge in [0, 0.05) is 39.0 Å². The normalized spacial score (nSPS) is 28.9. The van der Waals surface area contributed by atoms with Crippen molar-refractivity contribution < 1.29 is 4.74 Å². The van der Waals surface area contributed by atoms with E-state index in [9.17, 15) is 0 Å². The van der Waals surface area contributed by atoms with Crippen molar-refractivity contribution >= 4 is 5.95 Å². The molecular weight excluding hydrogens is 264 g/mol. The highest BCUT2D eigenvalue weighted by atomic mass is 16.5. The van der Waals surface area contributed by atoms with Crippen LogP contribution < -0.4 is 10.6 Å². The molecule has 0 radical (unpaired) electrons. The first-order valence-corrected chi connectivity index (χ1v) is 8.28. The van der Waals surface area contributed by atoms with Crippen molar-refractivity contribution in [2.45, 2.75) is 45.2 Å². The fraction of sp³-hybridized carbons (Fsp3) is 0.812. The van der Waals surface area contributed by atoms with Gasteiger partial charge in [0.1, 0.15) is 0 Å². The molecule has 2 heterocycles. The zero-order valence-electron chi connectivity index (χ0n) is 13.3. The van der Waals surface area contributed by atoms with Gasteiger partial charge in [0.05, 0.1) is 12.3 Å². The summed E-state index contributed by atoms with van der Waals surface area (Å²) in [6.07, 6.45) is 6.96. The molecular formula is C16H28N4O. The lowest BCUT2D eigenvalue weighted by atomic mass is 9.78. The predicted octanol–water partition coefficient (Wildman–Crippen LogP) is 1.66. The first kappa shape index (κ1) is 14.9. The van der Waals surface area contributed by atoms with Gasteiger partial charge in [-0.2, -0.15) is 0 Å². The monoisotopic (exact) mass is 292 g/mol. The molecule has 0 spiro atoms. The van der Waals surface area contributed by atoms with Gasteiger partial charge >= 0.3 is 0 Å². The third-order valence-corrected chi connectivity index (χ3v) is 5.14. The lowest BCUT2D eigenvalue weighted by molar-refractivity contribution is 0.187. The van der Waals surface area contributed by atoms with Gasteiger partial charge < -0.3 is 19.9 Å². The second-order valence-corrected chi connectivity index (χ2v) is 6.50. The van der Waals surface area contributed by atoms with E-state index in [0.29, 0.717) is 12.0 Å². The molecule has 5 heteroatoms. The SMILES string of the molecule is CCc1cn(CCOC)c(N2CC3CCCC(N)C3C2)n1. The number of fused-ring (bicyclic) bond motifs is 1. The van der Waals surface area contributed by atoms with Crippen molar-refractivity contribution in [2.24, 2.45) is 17.6 Å². The minimum atomic E-state index is 0.377. The molecule has 2 aliphatic rings. The Labute approximate surface area is 127 Å². The molecule has 0 bridgehead atoms. The standard InChI is InChI=1S/C16H28N4O/c1-3-13-10-19(7-8-21-2)16(18-13)20-9-12-5-4-6-15(17)14(12)11-20/h10,12,14-15H,3-9,11,17H2,1-2H3. The van der Waals surface area contributed by atoms with Gasteiger partial charge in [-0.3, -0.25) is 0 Å². The smallest absolute Gasteiger partial charge is 0.205 e. The first-order valence-electron chi connectivity index (χ1n) is 8.28. The first-order chi connectivity index (χ1) is 10.2. The number of rotatable bonds is 5. The molecule has 1 aliphatic heterocycles. The molecule has 1 saturated heterocycles. The fourth-order valence-electron chi connectivity index (χ4n) is 3.92. The third kappa shape index (κ3) is 2.94. The highest BCUT2D eigenvalue weighted by Crippen LogP contribution is 2.37. The summed E-state index contributed by atoms with van der Waals surface area (Å²) < 4.78 is 7.49. The van der Waals surface area contributed by atoms with Crippen LogP contribution in [0.3, 0.4) is 0 Å². The van der Waals surface area contributed by atoms with Gasteiger partial charge in [-0.05, 0) is 31.1 Å². The molecule has 3 atom stereocenters. The zero-order valence-corrected chi connectivity index (χ0v) is 13.3. The van der Waals surface area contributed by atoms with Gasteiger partial charge in [0.25, 0.3) is 0 Å². The van der Waals surface area contributed by atoms with E-state index >= 15 is 0 Å². The summed E-state index contributed by atoms with van der Waals surface area (Å²) in [5, 5.41) is 0. The Hall–Kier alpha value is -1.07. The van der Waals surface area contributed by atoms with Crippen molar-refractivity contribution in [3.8, 4) is 0 Å². The molecule has 1 aromatic rings. The third-order valence-electron chi connectivity index (χ3n) is 5.14.